The molecule has 2 aromatic rings. The second-order valence-corrected chi connectivity index (χ2v) is 9.39. The van der Waals surface area contributed by atoms with E-state index in [9.17, 15) is 13.2 Å². The molecular weight excluding hydrogens is 350 g/mol. The average Bonchev–Trinajstić information content (AvgIpc) is 2.58. The molecule has 1 aliphatic rings. The molecule has 2 heterocycles. The summed E-state index contributed by atoms with van der Waals surface area (Å²) in [6.07, 6.45) is 1.50. The molecule has 140 valence electrons. The van der Waals surface area contributed by atoms with Crippen LogP contribution in [-0.4, -0.2) is 36.0 Å². The van der Waals surface area contributed by atoms with Gasteiger partial charge in [-0.2, -0.15) is 9.40 Å². The van der Waals surface area contributed by atoms with Crippen LogP contribution in [0.1, 0.15) is 37.1 Å². The summed E-state index contributed by atoms with van der Waals surface area (Å²) in [5.41, 5.74) is 2.03. The van der Waals surface area contributed by atoms with E-state index in [2.05, 4.69) is 24.0 Å². The predicted octanol–water partition coefficient (Wildman–Crippen LogP) is 2.34. The third-order valence-electron chi connectivity index (χ3n) is 4.80. The maximum Gasteiger partial charge on any atom is 0.267 e. The van der Waals surface area contributed by atoms with Crippen LogP contribution in [0, 0.1) is 18.8 Å². The Morgan fingerprint density at radius 2 is 1.77 bits per heavy atom. The van der Waals surface area contributed by atoms with Crippen molar-refractivity contribution >= 4 is 10.0 Å². The first-order valence-corrected chi connectivity index (χ1v) is 10.3. The molecule has 6 nitrogen and oxygen atoms in total. The van der Waals surface area contributed by atoms with Crippen molar-refractivity contribution in [2.45, 2.75) is 38.5 Å². The SMILES string of the molecule is Cc1cc(Cc2ccc(S(=O)(=O)N3CC(C)CC(C)C3)cc2)c(=O)[nH]n1. The molecule has 1 fully saturated rings. The maximum atomic E-state index is 12.9. The highest BCUT2D eigenvalue weighted by molar-refractivity contribution is 7.89. The normalized spacial score (nSPS) is 21.7. The van der Waals surface area contributed by atoms with Gasteiger partial charge in [-0.25, -0.2) is 13.5 Å². The van der Waals surface area contributed by atoms with Gasteiger partial charge in [0.2, 0.25) is 10.0 Å². The number of aromatic nitrogens is 2. The number of aryl methyl sites for hydroxylation is 1. The van der Waals surface area contributed by atoms with Crippen molar-refractivity contribution in [3.63, 3.8) is 0 Å². The number of hydrogen-bond donors (Lipinski definition) is 1. The number of sulfonamides is 1. The number of benzene rings is 1. The van der Waals surface area contributed by atoms with Gasteiger partial charge in [-0.15, -0.1) is 0 Å². The van der Waals surface area contributed by atoms with Crippen molar-refractivity contribution in [2.75, 3.05) is 13.1 Å². The Labute approximate surface area is 154 Å². The van der Waals surface area contributed by atoms with Crippen LogP contribution in [0.4, 0.5) is 0 Å². The summed E-state index contributed by atoms with van der Waals surface area (Å²) in [6.45, 7) is 7.14. The minimum Gasteiger partial charge on any atom is -0.268 e. The number of rotatable bonds is 4. The lowest BCUT2D eigenvalue weighted by atomic mass is 9.94. The molecular formula is C19H25N3O3S. The Hall–Kier alpha value is -1.99. The van der Waals surface area contributed by atoms with Crippen molar-refractivity contribution in [3.8, 4) is 0 Å². The van der Waals surface area contributed by atoms with Gasteiger partial charge in [-0.3, -0.25) is 4.79 Å². The minimum absolute atomic E-state index is 0.219. The Morgan fingerprint density at radius 3 is 2.38 bits per heavy atom. The van der Waals surface area contributed by atoms with Gasteiger partial charge in [-0.1, -0.05) is 26.0 Å². The first-order valence-electron chi connectivity index (χ1n) is 8.90. The standard InChI is InChI=1S/C19H25N3O3S/c1-13-8-14(2)12-22(11-13)26(24,25)18-6-4-16(5-7-18)10-17-9-15(3)20-21-19(17)23/h4-7,9,13-14H,8,10-12H2,1-3H3,(H,21,23). The van der Waals surface area contributed by atoms with E-state index in [1.807, 2.05) is 6.92 Å². The van der Waals surface area contributed by atoms with E-state index in [1.54, 1.807) is 34.6 Å². The van der Waals surface area contributed by atoms with E-state index in [4.69, 9.17) is 0 Å². The fourth-order valence-corrected chi connectivity index (χ4v) is 5.32. The molecule has 1 N–H and O–H groups in total. The molecule has 1 aromatic carbocycles. The molecule has 0 bridgehead atoms. The minimum atomic E-state index is -3.48. The lowest BCUT2D eigenvalue weighted by molar-refractivity contribution is 0.222. The van der Waals surface area contributed by atoms with Crippen molar-refractivity contribution in [1.29, 1.82) is 0 Å². The summed E-state index contributed by atoms with van der Waals surface area (Å²) >= 11 is 0. The third-order valence-corrected chi connectivity index (χ3v) is 6.65. The molecule has 2 unspecified atom stereocenters. The molecule has 3 rings (SSSR count). The quantitative estimate of drug-likeness (QED) is 0.889. The Balaban J connectivity index is 1.80. The number of piperidine rings is 1. The molecule has 7 heteroatoms. The van der Waals surface area contributed by atoms with E-state index in [1.165, 1.54) is 0 Å². The van der Waals surface area contributed by atoms with Crippen LogP contribution in [0.15, 0.2) is 40.0 Å². The van der Waals surface area contributed by atoms with Gasteiger partial charge >= 0.3 is 0 Å². The molecule has 1 aromatic heterocycles. The largest absolute Gasteiger partial charge is 0.268 e. The number of nitrogens with zero attached hydrogens (tertiary/aromatic N) is 2. The topological polar surface area (TPSA) is 83.1 Å². The van der Waals surface area contributed by atoms with Crippen LogP contribution in [0.2, 0.25) is 0 Å². The zero-order chi connectivity index (χ0) is 18.9. The van der Waals surface area contributed by atoms with Gasteiger partial charge in [0, 0.05) is 25.1 Å². The molecule has 0 amide bonds. The monoisotopic (exact) mass is 375 g/mol. The van der Waals surface area contributed by atoms with Gasteiger partial charge in [0.05, 0.1) is 10.6 Å². The van der Waals surface area contributed by atoms with E-state index >= 15 is 0 Å². The van der Waals surface area contributed by atoms with Gasteiger partial charge in [0.1, 0.15) is 0 Å². The van der Waals surface area contributed by atoms with Crippen LogP contribution >= 0.6 is 0 Å². The van der Waals surface area contributed by atoms with Gasteiger partial charge in [0.25, 0.3) is 5.56 Å². The van der Waals surface area contributed by atoms with Gasteiger partial charge in [0.15, 0.2) is 0 Å². The van der Waals surface area contributed by atoms with Gasteiger partial charge < -0.3 is 0 Å². The summed E-state index contributed by atoms with van der Waals surface area (Å²) in [5.74, 6) is 0.740. The first kappa shape index (κ1) is 18.8. The molecule has 0 radical (unpaired) electrons. The molecule has 26 heavy (non-hydrogen) atoms. The van der Waals surface area contributed by atoms with E-state index in [0.717, 1.165) is 17.7 Å². The fourth-order valence-electron chi connectivity index (χ4n) is 3.64. The summed E-state index contributed by atoms with van der Waals surface area (Å²) in [7, 11) is -3.48. The summed E-state index contributed by atoms with van der Waals surface area (Å²) in [4.78, 5) is 12.2. The molecule has 1 aliphatic heterocycles. The second kappa shape index (κ2) is 7.32. The van der Waals surface area contributed by atoms with Crippen LogP contribution in [0.5, 0.6) is 0 Å². The van der Waals surface area contributed by atoms with E-state index in [0.29, 0.717) is 41.8 Å². The number of hydrogen-bond acceptors (Lipinski definition) is 4. The fraction of sp³-hybridized carbons (Fsp3) is 0.474. The Bertz CT molecular complexity index is 925. The summed E-state index contributed by atoms with van der Waals surface area (Å²) in [5, 5.41) is 6.34. The van der Waals surface area contributed by atoms with E-state index in [-0.39, 0.29) is 5.56 Å². The molecule has 0 aliphatic carbocycles. The number of H-pyrrole nitrogens is 1. The second-order valence-electron chi connectivity index (χ2n) is 7.45. The van der Waals surface area contributed by atoms with Crippen LogP contribution < -0.4 is 5.56 Å². The van der Waals surface area contributed by atoms with Gasteiger partial charge in [-0.05, 0) is 48.9 Å². The van der Waals surface area contributed by atoms with Crippen LogP contribution in [0.3, 0.4) is 0 Å². The Kier molecular flexibility index (Phi) is 5.29. The zero-order valence-electron chi connectivity index (χ0n) is 15.4. The smallest absolute Gasteiger partial charge is 0.267 e. The van der Waals surface area contributed by atoms with Crippen molar-refractivity contribution in [3.05, 3.63) is 57.5 Å². The average molecular weight is 375 g/mol. The van der Waals surface area contributed by atoms with Crippen molar-refractivity contribution < 1.29 is 8.42 Å². The van der Waals surface area contributed by atoms with Crippen LogP contribution in [-0.2, 0) is 16.4 Å². The maximum absolute atomic E-state index is 12.9. The lowest BCUT2D eigenvalue weighted by Crippen LogP contribution is -2.42. The van der Waals surface area contributed by atoms with Crippen molar-refractivity contribution in [2.24, 2.45) is 11.8 Å². The van der Waals surface area contributed by atoms with E-state index < -0.39 is 10.0 Å². The number of aromatic amines is 1. The Morgan fingerprint density at radius 1 is 1.15 bits per heavy atom. The number of nitrogens with one attached hydrogen (secondary N) is 1. The summed E-state index contributed by atoms with van der Waals surface area (Å²) in [6, 6.07) is 8.57. The highest BCUT2D eigenvalue weighted by Gasteiger charge is 2.31. The van der Waals surface area contributed by atoms with Crippen molar-refractivity contribution in [1.82, 2.24) is 14.5 Å². The predicted molar refractivity (Wildman–Crippen MR) is 101 cm³/mol. The highest BCUT2D eigenvalue weighted by atomic mass is 32.2. The molecule has 0 spiro atoms. The summed E-state index contributed by atoms with van der Waals surface area (Å²) < 4.78 is 27.4. The molecule has 0 saturated carbocycles. The molecule has 1 saturated heterocycles. The first-order chi connectivity index (χ1) is 12.3. The zero-order valence-corrected chi connectivity index (χ0v) is 16.2. The highest BCUT2D eigenvalue weighted by Crippen LogP contribution is 2.26. The molecule has 2 atom stereocenters. The van der Waals surface area contributed by atoms with Crippen LogP contribution in [0.25, 0.3) is 0 Å². The third kappa shape index (κ3) is 4.04. The lowest BCUT2D eigenvalue weighted by Gasteiger charge is -2.34.